The number of rotatable bonds is 5. The number of hydrogen-bond donors (Lipinski definition) is 0. The van der Waals surface area contributed by atoms with E-state index in [-0.39, 0.29) is 17.7 Å². The zero-order chi connectivity index (χ0) is 18.8. The number of halogens is 6. The van der Waals surface area contributed by atoms with Crippen LogP contribution >= 0.6 is 0 Å². The standard InChI is InChI=1S/C16H10F6O3/c1-2-24-15(23)16(21,22)25-9-3-4-10(11(17)7-9)8-5-12(18)14(20)13(19)6-8/h3-7H,2H2,1H3. The van der Waals surface area contributed by atoms with Gasteiger partial charge >= 0.3 is 12.1 Å². The van der Waals surface area contributed by atoms with Crippen molar-refractivity contribution in [1.29, 1.82) is 0 Å². The number of carbonyl (C=O) groups excluding carboxylic acids is 1. The third kappa shape index (κ3) is 4.04. The van der Waals surface area contributed by atoms with Crippen LogP contribution in [0, 0.1) is 23.3 Å². The molecule has 0 aliphatic carbocycles. The van der Waals surface area contributed by atoms with Gasteiger partial charge in [0.15, 0.2) is 17.5 Å². The largest absolute Gasteiger partial charge is 0.502 e. The predicted octanol–water partition coefficient (Wildman–Crippen LogP) is 4.44. The Hall–Kier alpha value is -2.71. The number of ether oxygens (including phenoxy) is 2. The van der Waals surface area contributed by atoms with Crippen LogP contribution in [0.25, 0.3) is 11.1 Å². The molecule has 0 saturated carbocycles. The lowest BCUT2D eigenvalue weighted by Gasteiger charge is -2.16. The minimum absolute atomic E-state index is 0.313. The summed E-state index contributed by atoms with van der Waals surface area (Å²) in [6, 6.07) is 3.32. The molecule has 0 fully saturated rings. The van der Waals surface area contributed by atoms with E-state index in [2.05, 4.69) is 9.47 Å². The second-order valence-electron chi connectivity index (χ2n) is 4.73. The van der Waals surface area contributed by atoms with Gasteiger partial charge in [-0.3, -0.25) is 0 Å². The highest BCUT2D eigenvalue weighted by molar-refractivity contribution is 5.76. The average molecular weight is 364 g/mol. The van der Waals surface area contributed by atoms with Crippen molar-refractivity contribution in [3.8, 4) is 16.9 Å². The van der Waals surface area contributed by atoms with E-state index >= 15 is 0 Å². The van der Waals surface area contributed by atoms with E-state index in [1.54, 1.807) is 0 Å². The van der Waals surface area contributed by atoms with Crippen LogP contribution in [0.4, 0.5) is 26.3 Å². The Kier molecular flexibility index (Phi) is 5.24. The SMILES string of the molecule is CCOC(=O)C(F)(F)Oc1ccc(-c2cc(F)c(F)c(F)c2)c(F)c1. The summed E-state index contributed by atoms with van der Waals surface area (Å²) in [7, 11) is 0. The molecule has 25 heavy (non-hydrogen) atoms. The molecule has 0 aliphatic heterocycles. The first-order valence-electron chi connectivity index (χ1n) is 6.84. The van der Waals surface area contributed by atoms with Gasteiger partial charge in [-0.05, 0) is 36.8 Å². The lowest BCUT2D eigenvalue weighted by molar-refractivity contribution is -0.216. The molecule has 2 aromatic carbocycles. The van der Waals surface area contributed by atoms with Crippen LogP contribution in [-0.2, 0) is 9.53 Å². The van der Waals surface area contributed by atoms with Gasteiger partial charge in [0.05, 0.1) is 6.61 Å². The highest BCUT2D eigenvalue weighted by atomic mass is 19.3. The molecule has 0 N–H and O–H groups in total. The maximum atomic E-state index is 14.0. The monoisotopic (exact) mass is 364 g/mol. The summed E-state index contributed by atoms with van der Waals surface area (Å²) in [5.74, 6) is -8.66. The fourth-order valence-corrected chi connectivity index (χ4v) is 1.91. The Morgan fingerprint density at radius 3 is 2.12 bits per heavy atom. The van der Waals surface area contributed by atoms with E-state index in [0.717, 1.165) is 12.1 Å². The molecule has 0 heterocycles. The van der Waals surface area contributed by atoms with Crippen molar-refractivity contribution in [2.45, 2.75) is 13.0 Å². The summed E-state index contributed by atoms with van der Waals surface area (Å²) < 4.78 is 88.5. The van der Waals surface area contributed by atoms with Crippen LogP contribution in [0.5, 0.6) is 5.75 Å². The lowest BCUT2D eigenvalue weighted by atomic mass is 10.0. The highest BCUT2D eigenvalue weighted by Crippen LogP contribution is 2.30. The Labute approximate surface area is 137 Å². The molecule has 3 nitrogen and oxygen atoms in total. The molecule has 0 aliphatic rings. The number of hydrogen-bond acceptors (Lipinski definition) is 3. The third-order valence-electron chi connectivity index (χ3n) is 2.99. The zero-order valence-electron chi connectivity index (χ0n) is 12.6. The summed E-state index contributed by atoms with van der Waals surface area (Å²) in [5, 5.41) is 0. The molecule has 0 spiro atoms. The Balaban J connectivity index is 2.31. The maximum absolute atomic E-state index is 14.0. The van der Waals surface area contributed by atoms with Crippen molar-refractivity contribution in [1.82, 2.24) is 0 Å². The van der Waals surface area contributed by atoms with Crippen molar-refractivity contribution in [3.63, 3.8) is 0 Å². The van der Waals surface area contributed by atoms with Crippen LogP contribution in [0.3, 0.4) is 0 Å². The van der Waals surface area contributed by atoms with Crippen molar-refractivity contribution >= 4 is 5.97 Å². The highest BCUT2D eigenvalue weighted by Gasteiger charge is 2.44. The molecular formula is C16H10F6O3. The van der Waals surface area contributed by atoms with Crippen molar-refractivity contribution < 1.29 is 40.6 Å². The van der Waals surface area contributed by atoms with Crippen molar-refractivity contribution in [2.24, 2.45) is 0 Å². The summed E-state index contributed by atoms with van der Waals surface area (Å²) in [4.78, 5) is 11.0. The van der Waals surface area contributed by atoms with E-state index in [4.69, 9.17) is 0 Å². The van der Waals surface area contributed by atoms with Gasteiger partial charge in [0, 0.05) is 11.6 Å². The minimum atomic E-state index is -4.35. The van der Waals surface area contributed by atoms with Gasteiger partial charge in [-0.2, -0.15) is 8.78 Å². The smallest absolute Gasteiger partial charge is 0.459 e. The van der Waals surface area contributed by atoms with Gasteiger partial charge in [-0.15, -0.1) is 0 Å². The Morgan fingerprint density at radius 2 is 1.60 bits per heavy atom. The molecule has 134 valence electrons. The van der Waals surface area contributed by atoms with E-state index in [1.165, 1.54) is 6.92 Å². The number of carbonyl (C=O) groups is 1. The summed E-state index contributed by atoms with van der Waals surface area (Å²) >= 11 is 0. The minimum Gasteiger partial charge on any atom is -0.459 e. The van der Waals surface area contributed by atoms with Gasteiger partial charge in [0.1, 0.15) is 11.6 Å². The van der Waals surface area contributed by atoms with Gasteiger partial charge < -0.3 is 9.47 Å². The topological polar surface area (TPSA) is 35.5 Å². The van der Waals surface area contributed by atoms with Crippen molar-refractivity contribution in [3.05, 3.63) is 53.6 Å². The van der Waals surface area contributed by atoms with Crippen LogP contribution in [0.2, 0.25) is 0 Å². The molecule has 0 radical (unpaired) electrons. The zero-order valence-corrected chi connectivity index (χ0v) is 12.6. The molecule has 2 aromatic rings. The first-order chi connectivity index (χ1) is 11.7. The quantitative estimate of drug-likeness (QED) is 0.447. The number of benzene rings is 2. The fraction of sp³-hybridized carbons (Fsp3) is 0.188. The summed E-state index contributed by atoms with van der Waals surface area (Å²) in [6.45, 7) is 0.996. The average Bonchev–Trinajstić information content (AvgIpc) is 2.52. The number of alkyl halides is 2. The Bertz CT molecular complexity index is 783. The number of esters is 1. The van der Waals surface area contributed by atoms with Crippen molar-refractivity contribution in [2.75, 3.05) is 6.61 Å². The Morgan fingerprint density at radius 1 is 1.00 bits per heavy atom. The molecule has 0 amide bonds. The van der Waals surface area contributed by atoms with Crippen LogP contribution in [-0.4, -0.2) is 18.7 Å². The second kappa shape index (κ2) is 7.04. The van der Waals surface area contributed by atoms with Gasteiger partial charge in [-0.1, -0.05) is 0 Å². The van der Waals surface area contributed by atoms with E-state index in [1.807, 2.05) is 0 Å². The fourth-order valence-electron chi connectivity index (χ4n) is 1.91. The molecule has 0 atom stereocenters. The first-order valence-corrected chi connectivity index (χ1v) is 6.84. The van der Waals surface area contributed by atoms with E-state index in [0.29, 0.717) is 18.2 Å². The summed E-state index contributed by atoms with van der Waals surface area (Å²) in [6.07, 6.45) is -4.35. The normalized spacial score (nSPS) is 11.3. The van der Waals surface area contributed by atoms with Gasteiger partial charge in [-0.25, -0.2) is 22.4 Å². The molecule has 0 saturated heterocycles. The first kappa shape index (κ1) is 18.6. The molecular weight excluding hydrogens is 354 g/mol. The van der Waals surface area contributed by atoms with Crippen LogP contribution < -0.4 is 4.74 Å². The molecule has 9 heteroatoms. The third-order valence-corrected chi connectivity index (χ3v) is 2.99. The summed E-state index contributed by atoms with van der Waals surface area (Å²) in [5.41, 5.74) is -0.734. The van der Waals surface area contributed by atoms with Crippen LogP contribution in [0.15, 0.2) is 30.3 Å². The second-order valence-corrected chi connectivity index (χ2v) is 4.73. The molecule has 0 unspecified atom stereocenters. The maximum Gasteiger partial charge on any atom is 0.502 e. The van der Waals surface area contributed by atoms with E-state index in [9.17, 15) is 31.1 Å². The van der Waals surface area contributed by atoms with Gasteiger partial charge in [0.2, 0.25) is 0 Å². The predicted molar refractivity (Wildman–Crippen MR) is 73.9 cm³/mol. The van der Waals surface area contributed by atoms with Gasteiger partial charge in [0.25, 0.3) is 0 Å². The molecule has 0 bridgehead atoms. The lowest BCUT2D eigenvalue weighted by Crippen LogP contribution is -2.36. The molecule has 2 rings (SSSR count). The molecule has 0 aromatic heterocycles. The van der Waals surface area contributed by atoms with E-state index < -0.39 is 41.1 Å². The van der Waals surface area contributed by atoms with Crippen LogP contribution in [0.1, 0.15) is 6.92 Å².